The van der Waals surface area contributed by atoms with Crippen LogP contribution in [0.3, 0.4) is 0 Å². The molecule has 0 saturated carbocycles. The van der Waals surface area contributed by atoms with Gasteiger partial charge in [-0.25, -0.2) is 0 Å². The average Bonchev–Trinajstić information content (AvgIpc) is 3.39. The van der Waals surface area contributed by atoms with E-state index in [1.807, 2.05) is 11.3 Å². The summed E-state index contributed by atoms with van der Waals surface area (Å²) < 4.78 is 2.65. The second kappa shape index (κ2) is 7.56. The summed E-state index contributed by atoms with van der Waals surface area (Å²) in [6.45, 7) is 4.70. The van der Waals surface area contributed by atoms with Crippen molar-refractivity contribution in [1.29, 1.82) is 0 Å². The lowest BCUT2D eigenvalue weighted by molar-refractivity contribution is 0.660. The van der Waals surface area contributed by atoms with Gasteiger partial charge in [-0.3, -0.25) is 0 Å². The molecule has 1 aliphatic rings. The van der Waals surface area contributed by atoms with Gasteiger partial charge < -0.3 is 4.90 Å². The summed E-state index contributed by atoms with van der Waals surface area (Å²) in [6.07, 6.45) is 0. The van der Waals surface area contributed by atoms with Crippen molar-refractivity contribution in [1.82, 2.24) is 0 Å². The summed E-state index contributed by atoms with van der Waals surface area (Å²) in [5, 5.41) is 2.64. The summed E-state index contributed by atoms with van der Waals surface area (Å²) in [4.78, 5) is 2.43. The molecule has 168 valence electrons. The number of hydrogen-bond acceptors (Lipinski definition) is 2. The van der Waals surface area contributed by atoms with Crippen LogP contribution in [0.2, 0.25) is 0 Å². The van der Waals surface area contributed by atoms with Crippen LogP contribution in [-0.2, 0) is 5.41 Å². The lowest BCUT2D eigenvalue weighted by Gasteiger charge is -2.28. The van der Waals surface area contributed by atoms with E-state index in [-0.39, 0.29) is 5.41 Å². The molecule has 0 unspecified atom stereocenters. The summed E-state index contributed by atoms with van der Waals surface area (Å²) in [6, 6.07) is 42.1. The Kier molecular flexibility index (Phi) is 4.43. The van der Waals surface area contributed by atoms with Gasteiger partial charge in [0.05, 0.1) is 10.4 Å². The zero-order valence-electron chi connectivity index (χ0n) is 19.8. The van der Waals surface area contributed by atoms with Crippen molar-refractivity contribution in [2.45, 2.75) is 19.3 Å². The normalized spacial score (nSPS) is 13.7. The summed E-state index contributed by atoms with van der Waals surface area (Å²) in [5.74, 6) is 0. The highest BCUT2D eigenvalue weighted by atomic mass is 32.1. The Hall–Kier alpha value is -3.88. The number of thiophene rings is 1. The van der Waals surface area contributed by atoms with Gasteiger partial charge in [-0.2, -0.15) is 0 Å². The van der Waals surface area contributed by atoms with Gasteiger partial charge in [0, 0.05) is 32.3 Å². The Balaban J connectivity index is 1.49. The van der Waals surface area contributed by atoms with E-state index in [4.69, 9.17) is 0 Å². The average molecular weight is 468 g/mol. The van der Waals surface area contributed by atoms with Gasteiger partial charge in [-0.15, -0.1) is 11.3 Å². The fraction of sp³-hybridized carbons (Fsp3) is 0.0909. The van der Waals surface area contributed by atoms with Crippen molar-refractivity contribution in [2.24, 2.45) is 0 Å². The van der Waals surface area contributed by atoms with Crippen molar-refractivity contribution >= 4 is 48.6 Å². The third-order valence-electron chi connectivity index (χ3n) is 7.46. The zero-order valence-corrected chi connectivity index (χ0v) is 20.6. The van der Waals surface area contributed by atoms with Crippen LogP contribution in [0.1, 0.15) is 25.0 Å². The first-order chi connectivity index (χ1) is 17.1. The molecule has 1 aromatic heterocycles. The van der Waals surface area contributed by atoms with Gasteiger partial charge in [0.25, 0.3) is 0 Å². The molecule has 2 heteroatoms. The first-order valence-corrected chi connectivity index (χ1v) is 12.9. The summed E-state index contributed by atoms with van der Waals surface area (Å²) in [5.41, 5.74) is 9.06. The van der Waals surface area contributed by atoms with Crippen LogP contribution in [0, 0.1) is 0 Å². The lowest BCUT2D eigenvalue weighted by atomic mass is 9.82. The van der Waals surface area contributed by atoms with Crippen LogP contribution in [0.4, 0.5) is 17.1 Å². The molecule has 5 aromatic carbocycles. The molecule has 0 radical (unpaired) electrons. The highest BCUT2D eigenvalue weighted by Gasteiger charge is 2.35. The largest absolute Gasteiger partial charge is 0.309 e. The number of hydrogen-bond donors (Lipinski definition) is 0. The fourth-order valence-corrected chi connectivity index (χ4v) is 6.95. The second-order valence-corrected chi connectivity index (χ2v) is 10.9. The molecule has 1 nitrogen and oxygen atoms in total. The molecular formula is C33H25NS. The SMILES string of the molecule is CC1(C)c2ccccc2-c2ccc(N(c3ccccc3)c3cccc4c3sc3ccccc34)cc21. The van der Waals surface area contributed by atoms with E-state index in [1.54, 1.807) is 0 Å². The number of fused-ring (bicyclic) bond motifs is 6. The maximum Gasteiger partial charge on any atom is 0.0640 e. The number of rotatable bonds is 3. The Morgan fingerprint density at radius 1 is 0.571 bits per heavy atom. The minimum Gasteiger partial charge on any atom is -0.309 e. The molecule has 0 amide bonds. The van der Waals surface area contributed by atoms with E-state index < -0.39 is 0 Å². The van der Waals surface area contributed by atoms with E-state index >= 15 is 0 Å². The van der Waals surface area contributed by atoms with Gasteiger partial charge in [0.15, 0.2) is 0 Å². The van der Waals surface area contributed by atoms with Crippen LogP contribution in [0.25, 0.3) is 31.3 Å². The lowest BCUT2D eigenvalue weighted by Crippen LogP contribution is -2.16. The standard InChI is InChI=1S/C33H25NS/c1-33(2)28-16-8-6-13-24(28)25-20-19-23(21-29(25)33)34(22-11-4-3-5-12-22)30-17-10-15-27-26-14-7-9-18-31(26)35-32(27)30/h3-21H,1-2H3. The minimum atomic E-state index is -0.0338. The van der Waals surface area contributed by atoms with Crippen molar-refractivity contribution in [3.8, 4) is 11.1 Å². The Labute approximate surface area is 209 Å². The molecule has 0 bridgehead atoms. The van der Waals surface area contributed by atoms with E-state index in [0.717, 1.165) is 0 Å². The molecular weight excluding hydrogens is 442 g/mol. The number of para-hydroxylation sites is 1. The van der Waals surface area contributed by atoms with Crippen LogP contribution in [0.5, 0.6) is 0 Å². The first kappa shape index (κ1) is 20.5. The van der Waals surface area contributed by atoms with Crippen molar-refractivity contribution in [3.63, 3.8) is 0 Å². The van der Waals surface area contributed by atoms with Gasteiger partial charge >= 0.3 is 0 Å². The fourth-order valence-electron chi connectivity index (χ4n) is 5.74. The van der Waals surface area contributed by atoms with Crippen LogP contribution < -0.4 is 4.90 Å². The molecule has 0 N–H and O–H groups in total. The highest BCUT2D eigenvalue weighted by molar-refractivity contribution is 7.26. The maximum absolute atomic E-state index is 2.43. The van der Waals surface area contributed by atoms with Crippen molar-refractivity contribution < 1.29 is 0 Å². The summed E-state index contributed by atoms with van der Waals surface area (Å²) in [7, 11) is 0. The number of benzene rings is 5. The van der Waals surface area contributed by atoms with E-state index in [2.05, 4.69) is 134 Å². The van der Waals surface area contributed by atoms with Crippen molar-refractivity contribution in [2.75, 3.05) is 4.90 Å². The molecule has 7 rings (SSSR count). The predicted octanol–water partition coefficient (Wildman–Crippen LogP) is 9.83. The first-order valence-electron chi connectivity index (χ1n) is 12.1. The summed E-state index contributed by atoms with van der Waals surface area (Å²) >= 11 is 1.88. The minimum absolute atomic E-state index is 0.0338. The smallest absolute Gasteiger partial charge is 0.0640 e. The van der Waals surface area contributed by atoms with Gasteiger partial charge in [0.1, 0.15) is 0 Å². The van der Waals surface area contributed by atoms with Crippen LogP contribution in [0.15, 0.2) is 115 Å². The highest BCUT2D eigenvalue weighted by Crippen LogP contribution is 2.51. The molecule has 0 saturated heterocycles. The molecule has 1 heterocycles. The van der Waals surface area contributed by atoms with Crippen LogP contribution >= 0.6 is 11.3 Å². The van der Waals surface area contributed by atoms with Crippen LogP contribution in [-0.4, -0.2) is 0 Å². The molecule has 0 atom stereocenters. The molecule has 1 aliphatic carbocycles. The Bertz CT molecular complexity index is 1730. The number of anilines is 3. The maximum atomic E-state index is 2.43. The molecule has 35 heavy (non-hydrogen) atoms. The predicted molar refractivity (Wildman–Crippen MR) is 152 cm³/mol. The van der Waals surface area contributed by atoms with Gasteiger partial charge in [0.2, 0.25) is 0 Å². The van der Waals surface area contributed by atoms with E-state index in [0.29, 0.717) is 0 Å². The van der Waals surface area contributed by atoms with E-state index in [9.17, 15) is 0 Å². The zero-order chi connectivity index (χ0) is 23.6. The quantitative estimate of drug-likeness (QED) is 0.250. The second-order valence-electron chi connectivity index (χ2n) is 9.82. The van der Waals surface area contributed by atoms with Crippen molar-refractivity contribution in [3.05, 3.63) is 126 Å². The Morgan fingerprint density at radius 3 is 2.17 bits per heavy atom. The number of nitrogens with zero attached hydrogens (tertiary/aromatic N) is 1. The van der Waals surface area contributed by atoms with E-state index in [1.165, 1.54) is 59.5 Å². The topological polar surface area (TPSA) is 3.24 Å². The molecule has 0 spiro atoms. The monoisotopic (exact) mass is 467 g/mol. The third-order valence-corrected chi connectivity index (χ3v) is 8.67. The van der Waals surface area contributed by atoms with Gasteiger partial charge in [-0.05, 0) is 58.7 Å². The third kappa shape index (κ3) is 3.00. The Morgan fingerprint density at radius 2 is 1.29 bits per heavy atom. The molecule has 0 aliphatic heterocycles. The molecule has 0 fully saturated rings. The molecule has 6 aromatic rings. The van der Waals surface area contributed by atoms with Gasteiger partial charge in [-0.1, -0.05) is 92.7 Å².